The summed E-state index contributed by atoms with van der Waals surface area (Å²) in [5.74, 6) is 0.102. The van der Waals surface area contributed by atoms with Crippen molar-refractivity contribution in [2.75, 3.05) is 6.61 Å². The lowest BCUT2D eigenvalue weighted by molar-refractivity contribution is -0.131. The van der Waals surface area contributed by atoms with Crippen LogP contribution in [0.5, 0.6) is 5.75 Å². The van der Waals surface area contributed by atoms with E-state index in [1.165, 1.54) is 35.6 Å². The van der Waals surface area contributed by atoms with Crippen LogP contribution in [0.4, 0.5) is 0 Å². The molecule has 0 aliphatic carbocycles. The van der Waals surface area contributed by atoms with Crippen LogP contribution in [0.1, 0.15) is 98.3 Å². The van der Waals surface area contributed by atoms with Crippen LogP contribution in [0.3, 0.4) is 0 Å². The van der Waals surface area contributed by atoms with E-state index in [0.29, 0.717) is 5.57 Å². The highest BCUT2D eigenvalue weighted by atomic mass is 16.5. The van der Waals surface area contributed by atoms with Gasteiger partial charge < -0.3 is 9.84 Å². The van der Waals surface area contributed by atoms with Crippen LogP contribution in [-0.2, 0) is 15.6 Å². The van der Waals surface area contributed by atoms with Crippen LogP contribution in [0, 0.1) is 0 Å². The van der Waals surface area contributed by atoms with Gasteiger partial charge in [0.05, 0.1) is 6.61 Å². The summed E-state index contributed by atoms with van der Waals surface area (Å²) in [5.41, 5.74) is 5.36. The van der Waals surface area contributed by atoms with Gasteiger partial charge >= 0.3 is 5.97 Å². The van der Waals surface area contributed by atoms with E-state index in [2.05, 4.69) is 67.5 Å². The van der Waals surface area contributed by atoms with Crippen molar-refractivity contribution in [1.82, 2.24) is 0 Å². The summed E-state index contributed by atoms with van der Waals surface area (Å²) >= 11 is 0. The average Bonchev–Trinajstić information content (AvgIpc) is 2.62. The first kappa shape index (κ1) is 26.7. The van der Waals surface area contributed by atoms with Gasteiger partial charge in [0, 0.05) is 17.2 Å². The van der Waals surface area contributed by atoms with Gasteiger partial charge in [0.2, 0.25) is 0 Å². The Morgan fingerprint density at radius 3 is 2.00 bits per heavy atom. The van der Waals surface area contributed by atoms with E-state index >= 15 is 0 Å². The van der Waals surface area contributed by atoms with Crippen molar-refractivity contribution in [3.8, 4) is 5.75 Å². The highest BCUT2D eigenvalue weighted by Crippen LogP contribution is 2.42. The average molecular weight is 427 g/mol. The predicted octanol–water partition coefficient (Wildman–Crippen LogP) is 7.84. The van der Waals surface area contributed by atoms with Gasteiger partial charge in [-0.25, -0.2) is 4.79 Å². The Hall–Kier alpha value is -2.29. The smallest absolute Gasteiger partial charge is 0.328 e. The van der Waals surface area contributed by atoms with E-state index in [1.807, 2.05) is 18.2 Å². The Bertz CT molecular complexity index is 805. The Kier molecular flexibility index (Phi) is 9.80. The standard InChI is InChI=1S/C28H42O3/c1-10-11-12-16-31-26-23(27(4,5)6)18-22(19-24(26)28(7,8)9)21(3)15-13-14-20(2)17-25(29)30/h13-15,17-19H,10-12,16H2,1-9H3,(H,29,30)/b14-13?,20-17?,21-15+. The van der Waals surface area contributed by atoms with E-state index in [0.717, 1.165) is 24.4 Å². The number of ether oxygens (including phenoxy) is 1. The maximum Gasteiger partial charge on any atom is 0.328 e. The molecule has 31 heavy (non-hydrogen) atoms. The number of benzene rings is 1. The Morgan fingerprint density at radius 1 is 1.00 bits per heavy atom. The van der Waals surface area contributed by atoms with Crippen molar-refractivity contribution in [3.63, 3.8) is 0 Å². The number of unbranched alkanes of at least 4 members (excludes halogenated alkanes) is 2. The summed E-state index contributed by atoms with van der Waals surface area (Å²) in [6.45, 7) is 20.2. The fourth-order valence-corrected chi connectivity index (χ4v) is 3.34. The third kappa shape index (κ3) is 8.77. The first-order valence-corrected chi connectivity index (χ1v) is 11.4. The Labute approximate surface area is 189 Å². The normalized spacial score (nSPS) is 13.7. The van der Waals surface area contributed by atoms with E-state index in [4.69, 9.17) is 9.84 Å². The van der Waals surface area contributed by atoms with Crippen molar-refractivity contribution in [3.05, 3.63) is 58.7 Å². The fourth-order valence-electron chi connectivity index (χ4n) is 3.34. The van der Waals surface area contributed by atoms with E-state index in [9.17, 15) is 4.79 Å². The molecule has 0 unspecified atom stereocenters. The summed E-state index contributed by atoms with van der Waals surface area (Å²) < 4.78 is 6.41. The fraction of sp³-hybridized carbons (Fsp3) is 0.536. The molecule has 0 aromatic heterocycles. The van der Waals surface area contributed by atoms with Crippen LogP contribution < -0.4 is 4.74 Å². The quantitative estimate of drug-likeness (QED) is 0.248. The molecule has 1 rings (SSSR count). The number of hydrogen-bond donors (Lipinski definition) is 1. The zero-order chi connectivity index (χ0) is 23.8. The van der Waals surface area contributed by atoms with Crippen molar-refractivity contribution in [2.45, 2.75) is 92.4 Å². The minimum Gasteiger partial charge on any atom is -0.493 e. The molecule has 0 aliphatic rings. The number of carboxylic acid groups (broad SMARTS) is 1. The molecule has 0 spiro atoms. The van der Waals surface area contributed by atoms with Gasteiger partial charge in [0.25, 0.3) is 0 Å². The van der Waals surface area contributed by atoms with Crippen LogP contribution in [-0.4, -0.2) is 17.7 Å². The second kappa shape index (κ2) is 11.4. The lowest BCUT2D eigenvalue weighted by atomic mass is 9.77. The highest BCUT2D eigenvalue weighted by molar-refractivity contribution is 5.81. The first-order chi connectivity index (χ1) is 14.3. The molecule has 0 fully saturated rings. The molecule has 1 N–H and O–H groups in total. The Balaban J connectivity index is 3.48. The van der Waals surface area contributed by atoms with Gasteiger partial charge in [-0.05, 0) is 59.9 Å². The van der Waals surface area contributed by atoms with Crippen molar-refractivity contribution in [1.29, 1.82) is 0 Å². The second-order valence-electron chi connectivity index (χ2n) is 10.4. The molecule has 0 bridgehead atoms. The number of allylic oxidation sites excluding steroid dienone is 5. The molecule has 0 atom stereocenters. The van der Waals surface area contributed by atoms with Gasteiger partial charge in [0.15, 0.2) is 0 Å². The molecule has 0 radical (unpaired) electrons. The second-order valence-corrected chi connectivity index (χ2v) is 10.4. The third-order valence-corrected chi connectivity index (χ3v) is 5.21. The van der Waals surface area contributed by atoms with E-state index in [-0.39, 0.29) is 10.8 Å². The number of rotatable bonds is 9. The van der Waals surface area contributed by atoms with E-state index < -0.39 is 5.97 Å². The van der Waals surface area contributed by atoms with Crippen LogP contribution >= 0.6 is 0 Å². The predicted molar refractivity (Wildman–Crippen MR) is 133 cm³/mol. The molecule has 0 aliphatic heterocycles. The number of aliphatic carboxylic acids is 1. The minimum atomic E-state index is -0.929. The van der Waals surface area contributed by atoms with Gasteiger partial charge in [-0.15, -0.1) is 0 Å². The lowest BCUT2D eigenvalue weighted by Gasteiger charge is -2.31. The van der Waals surface area contributed by atoms with Crippen LogP contribution in [0.25, 0.3) is 5.57 Å². The van der Waals surface area contributed by atoms with E-state index in [1.54, 1.807) is 6.92 Å². The van der Waals surface area contributed by atoms with Crippen LogP contribution in [0.15, 0.2) is 42.0 Å². The molecule has 0 amide bonds. The summed E-state index contributed by atoms with van der Waals surface area (Å²) in [6, 6.07) is 4.51. The van der Waals surface area contributed by atoms with Gasteiger partial charge in [-0.2, -0.15) is 0 Å². The summed E-state index contributed by atoms with van der Waals surface area (Å²) in [4.78, 5) is 10.8. The highest BCUT2D eigenvalue weighted by Gasteiger charge is 2.28. The molecule has 1 aromatic rings. The largest absolute Gasteiger partial charge is 0.493 e. The van der Waals surface area contributed by atoms with Gasteiger partial charge in [0.1, 0.15) is 5.75 Å². The molecule has 3 heteroatoms. The maximum absolute atomic E-state index is 10.8. The Morgan fingerprint density at radius 2 is 1.55 bits per heavy atom. The maximum atomic E-state index is 10.8. The van der Waals surface area contributed by atoms with Crippen molar-refractivity contribution >= 4 is 11.5 Å². The summed E-state index contributed by atoms with van der Waals surface area (Å²) in [6.07, 6.45) is 10.4. The molecule has 3 nitrogen and oxygen atoms in total. The SMILES string of the molecule is CCCCCOc1c(C(C)(C)C)cc(/C(C)=C/C=CC(C)=CC(=O)O)cc1C(C)(C)C. The van der Waals surface area contributed by atoms with Gasteiger partial charge in [-0.1, -0.05) is 79.5 Å². The monoisotopic (exact) mass is 426 g/mol. The van der Waals surface area contributed by atoms with Gasteiger partial charge in [-0.3, -0.25) is 0 Å². The molecule has 0 saturated carbocycles. The molecule has 1 aromatic carbocycles. The minimum absolute atomic E-state index is 0.0486. The van der Waals surface area contributed by atoms with Crippen LogP contribution in [0.2, 0.25) is 0 Å². The third-order valence-electron chi connectivity index (χ3n) is 5.21. The molecule has 0 heterocycles. The molecule has 172 valence electrons. The number of hydrogen-bond acceptors (Lipinski definition) is 2. The zero-order valence-electron chi connectivity index (χ0n) is 21.1. The summed E-state index contributed by atoms with van der Waals surface area (Å²) in [5, 5.41) is 8.86. The first-order valence-electron chi connectivity index (χ1n) is 11.4. The van der Waals surface area contributed by atoms with Crippen molar-refractivity contribution in [2.24, 2.45) is 0 Å². The molecule has 0 saturated heterocycles. The number of carbonyl (C=O) groups is 1. The lowest BCUT2D eigenvalue weighted by Crippen LogP contribution is -2.20. The topological polar surface area (TPSA) is 46.5 Å². The molecular weight excluding hydrogens is 384 g/mol. The molecular formula is C28H42O3. The van der Waals surface area contributed by atoms with Crippen molar-refractivity contribution < 1.29 is 14.6 Å². The number of carboxylic acids is 1. The zero-order valence-corrected chi connectivity index (χ0v) is 21.1. The summed E-state index contributed by atoms with van der Waals surface area (Å²) in [7, 11) is 0.